The van der Waals surface area contributed by atoms with E-state index in [1.54, 1.807) is 12.4 Å². The van der Waals surface area contributed by atoms with Gasteiger partial charge in [-0.25, -0.2) is 0 Å². The van der Waals surface area contributed by atoms with Crippen LogP contribution in [-0.4, -0.2) is 31.4 Å². The lowest BCUT2D eigenvalue weighted by molar-refractivity contribution is -0.113. The molecule has 5 aromatic rings. The van der Waals surface area contributed by atoms with Crippen molar-refractivity contribution < 1.29 is 4.79 Å². The number of para-hydroxylation sites is 1. The van der Waals surface area contributed by atoms with Crippen LogP contribution in [0.1, 0.15) is 5.56 Å². The molecule has 7 heteroatoms. The molecule has 0 saturated carbocycles. The lowest BCUT2D eigenvalue weighted by atomic mass is 10.0. The summed E-state index contributed by atoms with van der Waals surface area (Å²) >= 11 is 1.38. The van der Waals surface area contributed by atoms with Gasteiger partial charge < -0.3 is 5.32 Å². The molecule has 0 saturated heterocycles. The van der Waals surface area contributed by atoms with E-state index in [-0.39, 0.29) is 11.7 Å². The molecule has 0 atom stereocenters. The smallest absolute Gasteiger partial charge is 0.234 e. The van der Waals surface area contributed by atoms with Crippen molar-refractivity contribution in [3.63, 3.8) is 0 Å². The molecule has 3 aromatic carbocycles. The Bertz CT molecular complexity index is 1380. The Hall–Kier alpha value is -3.97. The number of hydrogen-bond donors (Lipinski definition) is 1. The number of thioether (sulfide) groups is 1. The van der Waals surface area contributed by atoms with Gasteiger partial charge in [-0.15, -0.1) is 10.2 Å². The fourth-order valence-corrected chi connectivity index (χ4v) is 4.44. The largest absolute Gasteiger partial charge is 0.325 e. The van der Waals surface area contributed by atoms with Gasteiger partial charge in [-0.2, -0.15) is 0 Å². The van der Waals surface area contributed by atoms with Gasteiger partial charge in [-0.05, 0) is 40.6 Å². The van der Waals surface area contributed by atoms with Crippen LogP contribution in [0, 0.1) is 0 Å². The second-order valence-electron chi connectivity index (χ2n) is 7.47. The Morgan fingerprint density at radius 2 is 1.61 bits per heavy atom. The zero-order valence-corrected chi connectivity index (χ0v) is 18.6. The lowest BCUT2D eigenvalue weighted by Gasteiger charge is -2.12. The SMILES string of the molecule is O=C(CSc1nnc(-c2ccncc2)n1Cc1cccc2ccccc12)Nc1ccccc1. The Balaban J connectivity index is 1.44. The number of rotatable bonds is 7. The van der Waals surface area contributed by atoms with Crippen molar-refractivity contribution in [3.05, 3.63) is 103 Å². The molecule has 1 N–H and O–H groups in total. The normalized spacial score (nSPS) is 10.9. The van der Waals surface area contributed by atoms with Gasteiger partial charge in [0, 0.05) is 23.6 Å². The summed E-state index contributed by atoms with van der Waals surface area (Å²) in [5.41, 5.74) is 2.87. The number of hydrogen-bond acceptors (Lipinski definition) is 5. The molecule has 33 heavy (non-hydrogen) atoms. The molecule has 162 valence electrons. The highest BCUT2D eigenvalue weighted by molar-refractivity contribution is 7.99. The van der Waals surface area contributed by atoms with Gasteiger partial charge in [-0.3, -0.25) is 14.3 Å². The van der Waals surface area contributed by atoms with Crippen molar-refractivity contribution >= 4 is 34.1 Å². The monoisotopic (exact) mass is 451 g/mol. The van der Waals surface area contributed by atoms with Crippen molar-refractivity contribution in [2.24, 2.45) is 0 Å². The summed E-state index contributed by atoms with van der Waals surface area (Å²) in [7, 11) is 0. The maximum absolute atomic E-state index is 12.5. The molecule has 1 amide bonds. The Morgan fingerprint density at radius 1 is 0.848 bits per heavy atom. The van der Waals surface area contributed by atoms with Gasteiger partial charge in [0.2, 0.25) is 5.91 Å². The number of benzene rings is 3. The molecule has 0 aliphatic carbocycles. The van der Waals surface area contributed by atoms with E-state index in [9.17, 15) is 4.79 Å². The minimum Gasteiger partial charge on any atom is -0.325 e. The van der Waals surface area contributed by atoms with Gasteiger partial charge in [-0.1, -0.05) is 72.4 Å². The first-order valence-electron chi connectivity index (χ1n) is 10.6. The zero-order chi connectivity index (χ0) is 22.5. The van der Waals surface area contributed by atoms with Gasteiger partial charge in [0.05, 0.1) is 12.3 Å². The average molecular weight is 452 g/mol. The Morgan fingerprint density at radius 3 is 2.45 bits per heavy atom. The summed E-state index contributed by atoms with van der Waals surface area (Å²) < 4.78 is 2.07. The molecule has 0 fully saturated rings. The van der Waals surface area contributed by atoms with Crippen molar-refractivity contribution in [3.8, 4) is 11.4 Å². The van der Waals surface area contributed by atoms with Gasteiger partial charge in [0.1, 0.15) is 0 Å². The molecule has 0 spiro atoms. The fraction of sp³-hybridized carbons (Fsp3) is 0.0769. The number of amides is 1. The molecule has 0 aliphatic heterocycles. The summed E-state index contributed by atoms with van der Waals surface area (Å²) in [6.45, 7) is 0.592. The Labute approximate surface area is 195 Å². The van der Waals surface area contributed by atoms with Crippen LogP contribution < -0.4 is 5.32 Å². The van der Waals surface area contributed by atoms with E-state index in [1.165, 1.54) is 28.1 Å². The number of nitrogens with one attached hydrogen (secondary N) is 1. The molecule has 6 nitrogen and oxygen atoms in total. The zero-order valence-electron chi connectivity index (χ0n) is 17.8. The standard InChI is InChI=1S/C26H21N5OS/c32-24(28-22-10-2-1-3-11-22)18-33-26-30-29-25(20-13-15-27-16-14-20)31(26)17-21-9-6-8-19-7-4-5-12-23(19)21/h1-16H,17-18H2,(H,28,32). The fourth-order valence-electron chi connectivity index (χ4n) is 3.70. The predicted molar refractivity (Wildman–Crippen MR) is 132 cm³/mol. The number of nitrogens with zero attached hydrogens (tertiary/aromatic N) is 4. The summed E-state index contributed by atoms with van der Waals surface area (Å²) in [5, 5.41) is 14.9. The van der Waals surface area contributed by atoms with E-state index in [0.717, 1.165) is 17.1 Å². The average Bonchev–Trinajstić information content (AvgIpc) is 3.26. The van der Waals surface area contributed by atoms with Crippen LogP contribution in [0.3, 0.4) is 0 Å². The van der Waals surface area contributed by atoms with Crippen LogP contribution >= 0.6 is 11.8 Å². The molecular formula is C26H21N5OS. The number of carbonyl (C=O) groups is 1. The minimum absolute atomic E-state index is 0.0867. The third-order valence-electron chi connectivity index (χ3n) is 5.25. The first-order chi connectivity index (χ1) is 16.3. The molecule has 0 radical (unpaired) electrons. The highest BCUT2D eigenvalue weighted by Crippen LogP contribution is 2.27. The van der Waals surface area contributed by atoms with Crippen LogP contribution in [-0.2, 0) is 11.3 Å². The highest BCUT2D eigenvalue weighted by atomic mass is 32.2. The van der Waals surface area contributed by atoms with Gasteiger partial charge in [0.25, 0.3) is 0 Å². The van der Waals surface area contributed by atoms with E-state index in [4.69, 9.17) is 0 Å². The number of pyridine rings is 1. The molecule has 0 bridgehead atoms. The van der Waals surface area contributed by atoms with Crippen molar-refractivity contribution in [1.29, 1.82) is 0 Å². The number of fused-ring (bicyclic) bond motifs is 1. The van der Waals surface area contributed by atoms with Gasteiger partial charge >= 0.3 is 0 Å². The number of aromatic nitrogens is 4. The minimum atomic E-state index is -0.0867. The van der Waals surface area contributed by atoms with Crippen LogP contribution in [0.25, 0.3) is 22.2 Å². The van der Waals surface area contributed by atoms with E-state index in [2.05, 4.69) is 55.4 Å². The third kappa shape index (κ3) is 4.78. The molecular weight excluding hydrogens is 430 g/mol. The summed E-state index contributed by atoms with van der Waals surface area (Å²) in [6, 6.07) is 27.9. The lowest BCUT2D eigenvalue weighted by Crippen LogP contribution is -2.14. The van der Waals surface area contributed by atoms with Crippen LogP contribution in [0.15, 0.2) is 102 Å². The van der Waals surface area contributed by atoms with E-state index in [0.29, 0.717) is 11.7 Å². The molecule has 2 aromatic heterocycles. The quantitative estimate of drug-likeness (QED) is 0.341. The number of anilines is 1. The van der Waals surface area contributed by atoms with E-state index < -0.39 is 0 Å². The molecule has 2 heterocycles. The first-order valence-corrected chi connectivity index (χ1v) is 11.5. The van der Waals surface area contributed by atoms with Gasteiger partial charge in [0.15, 0.2) is 11.0 Å². The van der Waals surface area contributed by atoms with Crippen LogP contribution in [0.2, 0.25) is 0 Å². The van der Waals surface area contributed by atoms with Crippen LogP contribution in [0.5, 0.6) is 0 Å². The van der Waals surface area contributed by atoms with Crippen molar-refractivity contribution in [2.45, 2.75) is 11.7 Å². The second kappa shape index (κ2) is 9.67. The summed E-state index contributed by atoms with van der Waals surface area (Å²) in [4.78, 5) is 16.6. The van der Waals surface area contributed by atoms with E-state index in [1.807, 2.05) is 54.6 Å². The summed E-state index contributed by atoms with van der Waals surface area (Å²) in [6.07, 6.45) is 3.48. The second-order valence-corrected chi connectivity index (χ2v) is 8.41. The van der Waals surface area contributed by atoms with Crippen molar-refractivity contribution in [1.82, 2.24) is 19.7 Å². The number of carbonyl (C=O) groups excluding carboxylic acids is 1. The molecule has 0 unspecified atom stereocenters. The van der Waals surface area contributed by atoms with E-state index >= 15 is 0 Å². The molecule has 0 aliphatic rings. The maximum atomic E-state index is 12.5. The highest BCUT2D eigenvalue weighted by Gasteiger charge is 2.17. The molecule has 5 rings (SSSR count). The maximum Gasteiger partial charge on any atom is 0.234 e. The van der Waals surface area contributed by atoms with Crippen molar-refractivity contribution in [2.75, 3.05) is 11.1 Å². The van der Waals surface area contributed by atoms with Crippen LogP contribution in [0.4, 0.5) is 5.69 Å². The predicted octanol–water partition coefficient (Wildman–Crippen LogP) is 5.27. The third-order valence-corrected chi connectivity index (χ3v) is 6.22. The summed E-state index contributed by atoms with van der Waals surface area (Å²) in [5.74, 6) is 0.895. The topological polar surface area (TPSA) is 72.7 Å². The Kier molecular flexibility index (Phi) is 6.12. The first kappa shape index (κ1) is 20.9.